The SMILES string of the molecule is COc1ccc(O)c2c1cc(OC)c1ccc3c(OC)c(OC)c4ccc5c(OC)cc6c(OC)ccc(O)c6c5c4c3c12. The Morgan fingerprint density at radius 3 is 1.02 bits per heavy atom. The van der Waals surface area contributed by atoms with Crippen molar-refractivity contribution in [2.24, 2.45) is 0 Å². The van der Waals surface area contributed by atoms with Crippen LogP contribution < -0.4 is 28.4 Å². The number of rotatable bonds is 6. The number of hydrogen-bond donors (Lipinski definition) is 2. The van der Waals surface area contributed by atoms with Crippen molar-refractivity contribution >= 4 is 64.6 Å². The van der Waals surface area contributed by atoms with E-state index in [9.17, 15) is 10.2 Å². The van der Waals surface area contributed by atoms with Gasteiger partial charge in [0.25, 0.3) is 0 Å². The summed E-state index contributed by atoms with van der Waals surface area (Å²) in [7, 11) is 9.63. The highest BCUT2D eigenvalue weighted by atomic mass is 16.5. The quantitative estimate of drug-likeness (QED) is 0.188. The van der Waals surface area contributed by atoms with Gasteiger partial charge in [0.15, 0.2) is 11.5 Å². The summed E-state index contributed by atoms with van der Waals surface area (Å²) < 4.78 is 35.3. The normalized spacial score (nSPS) is 11.6. The molecule has 0 aliphatic rings. The lowest BCUT2D eigenvalue weighted by Crippen LogP contribution is -1.98. The van der Waals surface area contributed by atoms with Crippen LogP contribution in [0.3, 0.4) is 0 Å². The minimum Gasteiger partial charge on any atom is -0.507 e. The molecule has 0 amide bonds. The average molecular weight is 591 g/mol. The molecule has 0 radical (unpaired) electrons. The Hall–Kier alpha value is -5.50. The number of fused-ring (bicyclic) bond motifs is 11. The number of phenols is 2. The molecule has 44 heavy (non-hydrogen) atoms. The molecule has 8 nitrogen and oxygen atoms in total. The van der Waals surface area contributed by atoms with Crippen LogP contribution >= 0.6 is 0 Å². The monoisotopic (exact) mass is 590 g/mol. The van der Waals surface area contributed by atoms with E-state index in [0.717, 1.165) is 43.1 Å². The van der Waals surface area contributed by atoms with Gasteiger partial charge in [-0.1, -0.05) is 0 Å². The van der Waals surface area contributed by atoms with Gasteiger partial charge in [-0.05, 0) is 60.7 Å². The third-order valence-corrected chi connectivity index (χ3v) is 8.59. The molecule has 7 aromatic carbocycles. The molecule has 0 saturated heterocycles. The molecular weight excluding hydrogens is 560 g/mol. The first-order chi connectivity index (χ1) is 21.4. The fourth-order valence-corrected chi connectivity index (χ4v) is 6.78. The van der Waals surface area contributed by atoms with Crippen molar-refractivity contribution in [3.8, 4) is 46.0 Å². The van der Waals surface area contributed by atoms with Crippen LogP contribution in [0, 0.1) is 0 Å². The Morgan fingerprint density at radius 1 is 0.341 bits per heavy atom. The number of ether oxygens (including phenoxy) is 6. The molecule has 0 aromatic heterocycles. The molecule has 0 saturated carbocycles. The fraction of sp³-hybridized carbons (Fsp3) is 0.167. The van der Waals surface area contributed by atoms with Gasteiger partial charge >= 0.3 is 0 Å². The van der Waals surface area contributed by atoms with E-state index in [4.69, 9.17) is 28.4 Å². The number of benzene rings is 7. The number of hydrogen-bond acceptors (Lipinski definition) is 8. The summed E-state index contributed by atoms with van der Waals surface area (Å²) in [5.41, 5.74) is 0. The van der Waals surface area contributed by atoms with E-state index in [1.165, 1.54) is 0 Å². The topological polar surface area (TPSA) is 95.8 Å². The minimum atomic E-state index is 0.0797. The first kappa shape index (κ1) is 27.3. The van der Waals surface area contributed by atoms with Crippen LogP contribution in [-0.2, 0) is 0 Å². The molecule has 0 atom stereocenters. The van der Waals surface area contributed by atoms with Crippen molar-refractivity contribution in [1.29, 1.82) is 0 Å². The van der Waals surface area contributed by atoms with Gasteiger partial charge in [0, 0.05) is 64.6 Å². The zero-order valence-corrected chi connectivity index (χ0v) is 25.1. The maximum Gasteiger partial charge on any atom is 0.169 e. The molecular formula is C36H30O8. The van der Waals surface area contributed by atoms with Crippen LogP contribution in [0.15, 0.2) is 60.7 Å². The second-order valence-corrected chi connectivity index (χ2v) is 10.5. The molecule has 7 rings (SSSR count). The highest BCUT2D eigenvalue weighted by Crippen LogP contribution is 2.54. The number of phenolic OH excluding ortho intramolecular Hbond substituents is 2. The van der Waals surface area contributed by atoms with Crippen molar-refractivity contribution in [2.75, 3.05) is 42.7 Å². The molecule has 0 bridgehead atoms. The van der Waals surface area contributed by atoms with Gasteiger partial charge in [0.1, 0.15) is 34.5 Å². The number of aromatic hydroxyl groups is 2. The highest BCUT2D eigenvalue weighted by Gasteiger charge is 2.26. The van der Waals surface area contributed by atoms with Crippen molar-refractivity contribution in [3.63, 3.8) is 0 Å². The van der Waals surface area contributed by atoms with E-state index in [1.54, 1.807) is 66.9 Å². The molecule has 222 valence electrons. The van der Waals surface area contributed by atoms with Crippen LogP contribution in [-0.4, -0.2) is 52.9 Å². The van der Waals surface area contributed by atoms with Gasteiger partial charge in [-0.15, -0.1) is 0 Å². The Bertz CT molecular complexity index is 2160. The summed E-state index contributed by atoms with van der Waals surface area (Å²) in [6, 6.07) is 18.3. The van der Waals surface area contributed by atoms with E-state index in [2.05, 4.69) is 0 Å². The summed E-state index contributed by atoms with van der Waals surface area (Å²) in [6.45, 7) is 0. The van der Waals surface area contributed by atoms with E-state index in [-0.39, 0.29) is 11.5 Å². The van der Waals surface area contributed by atoms with Crippen LogP contribution in [0.5, 0.6) is 46.0 Å². The molecule has 2 N–H and O–H groups in total. The Morgan fingerprint density at radius 2 is 0.682 bits per heavy atom. The predicted octanol–water partition coefficient (Wildman–Crippen LogP) is 8.07. The highest BCUT2D eigenvalue weighted by molar-refractivity contribution is 6.39. The van der Waals surface area contributed by atoms with Crippen molar-refractivity contribution < 1.29 is 38.6 Å². The molecule has 0 fully saturated rings. The Balaban J connectivity index is 1.96. The standard InChI is InChI=1S/C36H30O8/c1-39-25-13-11-23(37)29-21(25)15-27(41-3)17-7-9-19-33(31(17)29)34-20(36(44-6)35(19)43-5)10-8-18-28(42-4)16-22-26(40-2)14-12-24(38)30(22)32(18)34/h7-16,37-38H,1-6H3. The van der Waals surface area contributed by atoms with Crippen LogP contribution in [0.2, 0.25) is 0 Å². The van der Waals surface area contributed by atoms with E-state index in [0.29, 0.717) is 56.0 Å². The first-order valence-corrected chi connectivity index (χ1v) is 13.9. The van der Waals surface area contributed by atoms with Gasteiger partial charge in [-0.25, -0.2) is 0 Å². The third kappa shape index (κ3) is 3.51. The van der Waals surface area contributed by atoms with Gasteiger partial charge in [-0.2, -0.15) is 0 Å². The second-order valence-electron chi connectivity index (χ2n) is 10.5. The lowest BCUT2D eigenvalue weighted by atomic mass is 9.87. The van der Waals surface area contributed by atoms with Crippen molar-refractivity contribution in [3.05, 3.63) is 60.7 Å². The van der Waals surface area contributed by atoms with Gasteiger partial charge in [0.2, 0.25) is 0 Å². The smallest absolute Gasteiger partial charge is 0.169 e. The van der Waals surface area contributed by atoms with Gasteiger partial charge in [0.05, 0.1) is 42.7 Å². The maximum atomic E-state index is 11.5. The zero-order valence-electron chi connectivity index (χ0n) is 25.1. The summed E-state index contributed by atoms with van der Waals surface area (Å²) in [5, 5.41) is 31.5. The van der Waals surface area contributed by atoms with Crippen LogP contribution in [0.4, 0.5) is 0 Å². The van der Waals surface area contributed by atoms with Gasteiger partial charge < -0.3 is 38.6 Å². The van der Waals surface area contributed by atoms with Gasteiger partial charge in [-0.3, -0.25) is 0 Å². The van der Waals surface area contributed by atoms with Crippen molar-refractivity contribution in [1.82, 2.24) is 0 Å². The third-order valence-electron chi connectivity index (χ3n) is 8.59. The Kier molecular flexibility index (Phi) is 6.25. The summed E-state index contributed by atoms with van der Waals surface area (Å²) in [4.78, 5) is 0. The minimum absolute atomic E-state index is 0.0797. The van der Waals surface area contributed by atoms with E-state index < -0.39 is 0 Å². The molecule has 0 unspecified atom stereocenters. The molecule has 0 heterocycles. The molecule has 0 aliphatic heterocycles. The maximum absolute atomic E-state index is 11.5. The van der Waals surface area contributed by atoms with E-state index >= 15 is 0 Å². The first-order valence-electron chi connectivity index (χ1n) is 13.9. The lowest BCUT2D eigenvalue weighted by Gasteiger charge is -2.22. The Labute approximate surface area is 252 Å². The summed E-state index contributed by atoms with van der Waals surface area (Å²) >= 11 is 0. The largest absolute Gasteiger partial charge is 0.507 e. The van der Waals surface area contributed by atoms with Crippen LogP contribution in [0.1, 0.15) is 0 Å². The molecule has 0 spiro atoms. The fourth-order valence-electron chi connectivity index (χ4n) is 6.78. The molecule has 8 heteroatoms. The predicted molar refractivity (Wildman–Crippen MR) is 174 cm³/mol. The average Bonchev–Trinajstić information content (AvgIpc) is 3.05. The molecule has 7 aromatic rings. The number of methoxy groups -OCH3 is 6. The lowest BCUT2D eigenvalue weighted by molar-refractivity contribution is 0.362. The summed E-state index contributed by atoms with van der Waals surface area (Å²) in [6.07, 6.45) is 0. The van der Waals surface area contributed by atoms with E-state index in [1.807, 2.05) is 36.4 Å². The summed E-state index contributed by atoms with van der Waals surface area (Å²) in [5.74, 6) is 3.60. The molecule has 0 aliphatic carbocycles. The van der Waals surface area contributed by atoms with Crippen molar-refractivity contribution in [2.45, 2.75) is 0 Å². The zero-order chi connectivity index (χ0) is 30.9. The second kappa shape index (κ2) is 10.1. The van der Waals surface area contributed by atoms with Crippen LogP contribution in [0.25, 0.3) is 64.6 Å².